The number of pyridine rings is 1. The third-order valence-electron chi connectivity index (χ3n) is 4.37. The van der Waals surface area contributed by atoms with E-state index < -0.39 is 23.7 Å². The first-order valence-corrected chi connectivity index (χ1v) is 8.38. The van der Waals surface area contributed by atoms with Gasteiger partial charge < -0.3 is 14.1 Å². The van der Waals surface area contributed by atoms with Crippen molar-refractivity contribution in [3.63, 3.8) is 0 Å². The molecule has 0 unspecified atom stereocenters. The molecule has 3 heterocycles. The second-order valence-electron chi connectivity index (χ2n) is 6.32. The van der Waals surface area contributed by atoms with Crippen molar-refractivity contribution in [2.24, 2.45) is 0 Å². The number of ether oxygens (including phenoxy) is 1. The van der Waals surface area contributed by atoms with Gasteiger partial charge >= 0.3 is 11.9 Å². The second kappa shape index (κ2) is 6.70. The SMILES string of the molecule is O=C(Cn1c(=O)oc2ccccc21)N1CC(Oc2cccc(C(F)(F)F)n2)C1. The topological polar surface area (TPSA) is 77.6 Å². The first-order valence-electron chi connectivity index (χ1n) is 8.38. The molecule has 146 valence electrons. The maximum atomic E-state index is 12.7. The fraction of sp³-hybridized carbons (Fsp3) is 0.278. The van der Waals surface area contributed by atoms with Gasteiger partial charge in [0, 0.05) is 6.07 Å². The number of alkyl halides is 3. The van der Waals surface area contributed by atoms with E-state index in [0.717, 1.165) is 6.07 Å². The molecule has 0 saturated carbocycles. The van der Waals surface area contributed by atoms with Crippen LogP contribution in [0.3, 0.4) is 0 Å². The van der Waals surface area contributed by atoms with Crippen LogP contribution in [0.5, 0.6) is 5.88 Å². The second-order valence-corrected chi connectivity index (χ2v) is 6.32. The van der Waals surface area contributed by atoms with Crippen LogP contribution in [0.2, 0.25) is 0 Å². The highest BCUT2D eigenvalue weighted by molar-refractivity contribution is 5.80. The molecule has 1 aromatic carbocycles. The molecule has 2 aromatic heterocycles. The van der Waals surface area contributed by atoms with Crippen molar-refractivity contribution in [3.8, 4) is 5.88 Å². The molecule has 28 heavy (non-hydrogen) atoms. The summed E-state index contributed by atoms with van der Waals surface area (Å²) in [6.45, 7) is 0.201. The summed E-state index contributed by atoms with van der Waals surface area (Å²) in [6, 6.07) is 10.2. The number of benzene rings is 1. The van der Waals surface area contributed by atoms with E-state index in [4.69, 9.17) is 9.15 Å². The summed E-state index contributed by atoms with van der Waals surface area (Å²) < 4.78 is 49.8. The van der Waals surface area contributed by atoms with Gasteiger partial charge in [0.2, 0.25) is 11.8 Å². The lowest BCUT2D eigenvalue weighted by atomic mass is 10.1. The van der Waals surface area contributed by atoms with Gasteiger partial charge in [-0.15, -0.1) is 0 Å². The maximum absolute atomic E-state index is 12.7. The Morgan fingerprint density at radius 1 is 1.18 bits per heavy atom. The molecule has 0 bridgehead atoms. The van der Waals surface area contributed by atoms with Gasteiger partial charge in [-0.2, -0.15) is 13.2 Å². The van der Waals surface area contributed by atoms with Crippen molar-refractivity contribution < 1.29 is 27.1 Å². The minimum atomic E-state index is -4.55. The Morgan fingerprint density at radius 3 is 2.68 bits per heavy atom. The number of fused-ring (bicyclic) bond motifs is 1. The summed E-state index contributed by atoms with van der Waals surface area (Å²) in [5.74, 6) is -1.09. The number of amides is 1. The summed E-state index contributed by atoms with van der Waals surface area (Å²) in [4.78, 5) is 29.2. The molecule has 10 heteroatoms. The van der Waals surface area contributed by atoms with Crippen LogP contribution in [0.1, 0.15) is 5.69 Å². The summed E-state index contributed by atoms with van der Waals surface area (Å²) >= 11 is 0. The highest BCUT2D eigenvalue weighted by Gasteiger charge is 2.35. The Hall–Kier alpha value is -3.30. The normalized spacial score (nSPS) is 14.9. The molecular formula is C18H14F3N3O4. The molecule has 0 radical (unpaired) electrons. The fourth-order valence-electron chi connectivity index (χ4n) is 2.92. The van der Waals surface area contributed by atoms with Gasteiger partial charge in [0.15, 0.2) is 5.58 Å². The van der Waals surface area contributed by atoms with Crippen LogP contribution in [0.4, 0.5) is 13.2 Å². The fourth-order valence-corrected chi connectivity index (χ4v) is 2.92. The van der Waals surface area contributed by atoms with Crippen molar-refractivity contribution in [1.29, 1.82) is 0 Å². The first-order chi connectivity index (χ1) is 13.3. The van der Waals surface area contributed by atoms with Gasteiger partial charge in [0.05, 0.1) is 18.6 Å². The molecule has 0 atom stereocenters. The maximum Gasteiger partial charge on any atom is 0.433 e. The van der Waals surface area contributed by atoms with Gasteiger partial charge in [0.1, 0.15) is 18.3 Å². The Kier molecular flexibility index (Phi) is 4.33. The number of halogens is 3. The zero-order valence-corrected chi connectivity index (χ0v) is 14.3. The average molecular weight is 393 g/mol. The highest BCUT2D eigenvalue weighted by Crippen LogP contribution is 2.29. The summed E-state index contributed by atoms with van der Waals surface area (Å²) in [5, 5.41) is 0. The number of carbonyl (C=O) groups excluding carboxylic acids is 1. The smallest absolute Gasteiger partial charge is 0.433 e. The van der Waals surface area contributed by atoms with Crippen LogP contribution < -0.4 is 10.5 Å². The molecule has 1 fully saturated rings. The van der Waals surface area contributed by atoms with Crippen LogP contribution in [0, 0.1) is 0 Å². The Morgan fingerprint density at radius 2 is 1.93 bits per heavy atom. The zero-order valence-electron chi connectivity index (χ0n) is 14.3. The van der Waals surface area contributed by atoms with E-state index in [2.05, 4.69) is 4.98 Å². The number of oxazole rings is 1. The van der Waals surface area contributed by atoms with Crippen molar-refractivity contribution >= 4 is 17.0 Å². The summed E-state index contributed by atoms with van der Waals surface area (Å²) in [6.07, 6.45) is -5.01. The minimum absolute atomic E-state index is 0.149. The number of carbonyl (C=O) groups is 1. The number of hydrogen-bond acceptors (Lipinski definition) is 5. The van der Waals surface area contributed by atoms with E-state index in [1.807, 2.05) is 0 Å². The highest BCUT2D eigenvalue weighted by atomic mass is 19.4. The van der Waals surface area contributed by atoms with Crippen molar-refractivity contribution in [2.75, 3.05) is 13.1 Å². The number of rotatable bonds is 4. The quantitative estimate of drug-likeness (QED) is 0.680. The number of likely N-dealkylation sites (tertiary alicyclic amines) is 1. The molecule has 0 N–H and O–H groups in total. The predicted molar refractivity (Wildman–Crippen MR) is 90.7 cm³/mol. The van der Waals surface area contributed by atoms with E-state index in [1.165, 1.54) is 21.6 Å². The van der Waals surface area contributed by atoms with Gasteiger partial charge in [-0.3, -0.25) is 9.36 Å². The van der Waals surface area contributed by atoms with Crippen LogP contribution in [0.15, 0.2) is 51.7 Å². The molecule has 1 aliphatic heterocycles. The van der Waals surface area contributed by atoms with Crippen molar-refractivity contribution in [1.82, 2.24) is 14.5 Å². The number of nitrogens with zero attached hydrogens (tertiary/aromatic N) is 3. The molecule has 1 aliphatic rings. The minimum Gasteiger partial charge on any atom is -0.471 e. The first kappa shape index (κ1) is 18.1. The molecule has 7 nitrogen and oxygen atoms in total. The average Bonchev–Trinajstić information content (AvgIpc) is 2.93. The largest absolute Gasteiger partial charge is 0.471 e. The standard InChI is InChI=1S/C18H14F3N3O4/c19-18(20,21)14-6-3-7-15(22-14)27-11-8-23(9-11)16(25)10-24-12-4-1-2-5-13(12)28-17(24)26/h1-7,11H,8-10H2. The van der Waals surface area contributed by atoms with E-state index in [-0.39, 0.29) is 31.4 Å². The van der Waals surface area contributed by atoms with Crippen LogP contribution in [-0.4, -0.2) is 39.6 Å². The number of para-hydroxylation sites is 2. The molecule has 4 rings (SSSR count). The summed E-state index contributed by atoms with van der Waals surface area (Å²) in [5.41, 5.74) is -0.133. The van der Waals surface area contributed by atoms with E-state index in [9.17, 15) is 22.8 Å². The molecule has 1 saturated heterocycles. The lowest BCUT2D eigenvalue weighted by molar-refractivity contribution is -0.142. The predicted octanol–water partition coefficient (Wildman–Crippen LogP) is 2.30. The molecule has 0 aliphatic carbocycles. The van der Waals surface area contributed by atoms with Crippen LogP contribution >= 0.6 is 0 Å². The lowest BCUT2D eigenvalue weighted by Crippen LogP contribution is -2.57. The molecule has 1 amide bonds. The Bertz CT molecular complexity index is 1080. The van der Waals surface area contributed by atoms with E-state index in [0.29, 0.717) is 11.1 Å². The van der Waals surface area contributed by atoms with Crippen LogP contribution in [0.25, 0.3) is 11.1 Å². The molecule has 0 spiro atoms. The van der Waals surface area contributed by atoms with Crippen molar-refractivity contribution in [3.05, 3.63) is 58.7 Å². The van der Waals surface area contributed by atoms with Gasteiger partial charge in [0.25, 0.3) is 0 Å². The van der Waals surface area contributed by atoms with Gasteiger partial charge in [-0.05, 0) is 18.2 Å². The molecule has 3 aromatic rings. The monoisotopic (exact) mass is 393 g/mol. The van der Waals surface area contributed by atoms with Crippen LogP contribution in [-0.2, 0) is 17.5 Å². The lowest BCUT2D eigenvalue weighted by Gasteiger charge is -2.38. The van der Waals surface area contributed by atoms with Crippen molar-refractivity contribution in [2.45, 2.75) is 18.8 Å². The number of hydrogen-bond donors (Lipinski definition) is 0. The van der Waals surface area contributed by atoms with E-state index >= 15 is 0 Å². The Balaban J connectivity index is 1.37. The summed E-state index contributed by atoms with van der Waals surface area (Å²) in [7, 11) is 0. The molecular weight excluding hydrogens is 379 g/mol. The third kappa shape index (κ3) is 3.45. The Labute approximate surface area is 155 Å². The number of aromatic nitrogens is 2. The van der Waals surface area contributed by atoms with Gasteiger partial charge in [-0.25, -0.2) is 9.78 Å². The van der Waals surface area contributed by atoms with Gasteiger partial charge in [-0.1, -0.05) is 18.2 Å². The zero-order chi connectivity index (χ0) is 19.9. The third-order valence-corrected chi connectivity index (χ3v) is 4.37. The van der Waals surface area contributed by atoms with E-state index in [1.54, 1.807) is 24.3 Å².